The minimum atomic E-state index is 0.230. The zero-order valence-corrected chi connectivity index (χ0v) is 7.60. The van der Waals surface area contributed by atoms with Crippen molar-refractivity contribution in [3.63, 3.8) is 0 Å². The molecule has 64 valence electrons. The van der Waals surface area contributed by atoms with Gasteiger partial charge in [-0.1, -0.05) is 23.2 Å². The summed E-state index contributed by atoms with van der Waals surface area (Å²) in [6.45, 7) is 0. The summed E-state index contributed by atoms with van der Waals surface area (Å²) in [5, 5.41) is 4.23. The highest BCUT2D eigenvalue weighted by Crippen LogP contribution is 2.22. The van der Waals surface area contributed by atoms with E-state index in [4.69, 9.17) is 34.8 Å². The van der Waals surface area contributed by atoms with E-state index in [0.29, 0.717) is 15.6 Å². The second kappa shape index (κ2) is 3.65. The Balaban J connectivity index is 3.13. The summed E-state index contributed by atoms with van der Waals surface area (Å²) in [5.41, 5.74) is 6.10. The van der Waals surface area contributed by atoms with E-state index in [0.717, 1.165) is 0 Å². The van der Waals surface area contributed by atoms with Crippen LogP contribution >= 0.6 is 23.2 Å². The maximum Gasteiger partial charge on any atom is 0.150 e. The summed E-state index contributed by atoms with van der Waals surface area (Å²) in [5.74, 6) is 5.21. The second-order valence-corrected chi connectivity index (χ2v) is 2.96. The first-order valence-corrected chi connectivity index (χ1v) is 3.89. The van der Waals surface area contributed by atoms with Gasteiger partial charge in [0, 0.05) is 5.56 Å². The van der Waals surface area contributed by atoms with Crippen molar-refractivity contribution in [2.45, 2.75) is 0 Å². The van der Waals surface area contributed by atoms with E-state index >= 15 is 0 Å². The molecule has 12 heavy (non-hydrogen) atoms. The summed E-state index contributed by atoms with van der Waals surface area (Å²) in [6.07, 6.45) is 0. The van der Waals surface area contributed by atoms with Crippen molar-refractivity contribution in [3.05, 3.63) is 33.8 Å². The first-order chi connectivity index (χ1) is 5.65. The van der Waals surface area contributed by atoms with Crippen molar-refractivity contribution >= 4 is 29.0 Å². The Morgan fingerprint density at radius 1 is 1.25 bits per heavy atom. The lowest BCUT2D eigenvalue weighted by molar-refractivity contribution is 1.23. The minimum Gasteiger partial charge on any atom is -0.382 e. The molecule has 0 atom stereocenters. The SMILES string of the molecule is N/N=C(\N)c1ccc(Cl)c(Cl)c1. The number of hydrogen-bond donors (Lipinski definition) is 2. The van der Waals surface area contributed by atoms with Gasteiger partial charge in [0.05, 0.1) is 10.0 Å². The Labute approximate surface area is 79.9 Å². The summed E-state index contributed by atoms with van der Waals surface area (Å²) in [4.78, 5) is 0. The van der Waals surface area contributed by atoms with Gasteiger partial charge in [0.1, 0.15) is 5.84 Å². The van der Waals surface area contributed by atoms with Crippen molar-refractivity contribution < 1.29 is 0 Å². The van der Waals surface area contributed by atoms with Gasteiger partial charge in [-0.15, -0.1) is 0 Å². The van der Waals surface area contributed by atoms with Gasteiger partial charge < -0.3 is 11.6 Å². The number of nitrogens with zero attached hydrogens (tertiary/aromatic N) is 1. The third-order valence-corrected chi connectivity index (χ3v) is 2.09. The maximum atomic E-state index is 5.73. The number of rotatable bonds is 1. The predicted octanol–water partition coefficient (Wildman–Crippen LogP) is 1.57. The molecule has 0 amide bonds. The van der Waals surface area contributed by atoms with Crippen molar-refractivity contribution in [3.8, 4) is 0 Å². The number of nitrogens with two attached hydrogens (primary N) is 2. The molecule has 0 radical (unpaired) electrons. The van der Waals surface area contributed by atoms with E-state index in [2.05, 4.69) is 5.10 Å². The van der Waals surface area contributed by atoms with Crippen LogP contribution in [-0.2, 0) is 0 Å². The van der Waals surface area contributed by atoms with Crippen LogP contribution in [0.3, 0.4) is 0 Å². The van der Waals surface area contributed by atoms with Gasteiger partial charge in [-0.2, -0.15) is 5.10 Å². The molecule has 0 bridgehead atoms. The predicted molar refractivity (Wildman–Crippen MR) is 51.4 cm³/mol. The van der Waals surface area contributed by atoms with Crippen LogP contribution in [0.4, 0.5) is 0 Å². The van der Waals surface area contributed by atoms with Crippen LogP contribution in [0.5, 0.6) is 0 Å². The molecule has 4 N–H and O–H groups in total. The van der Waals surface area contributed by atoms with Crippen molar-refractivity contribution in [1.29, 1.82) is 0 Å². The molecule has 0 heterocycles. The number of halogens is 2. The van der Waals surface area contributed by atoms with E-state index in [1.807, 2.05) is 0 Å². The number of benzene rings is 1. The van der Waals surface area contributed by atoms with Crippen LogP contribution in [0, 0.1) is 0 Å². The van der Waals surface area contributed by atoms with E-state index in [1.165, 1.54) is 0 Å². The molecule has 0 aliphatic rings. The maximum absolute atomic E-state index is 5.73. The highest BCUT2D eigenvalue weighted by atomic mass is 35.5. The molecular weight excluding hydrogens is 197 g/mol. The van der Waals surface area contributed by atoms with Crippen molar-refractivity contribution in [2.24, 2.45) is 16.7 Å². The molecule has 0 saturated heterocycles. The van der Waals surface area contributed by atoms with Gasteiger partial charge in [-0.3, -0.25) is 0 Å². The van der Waals surface area contributed by atoms with E-state index in [1.54, 1.807) is 18.2 Å². The molecule has 0 saturated carbocycles. The van der Waals surface area contributed by atoms with Crippen molar-refractivity contribution in [2.75, 3.05) is 0 Å². The molecule has 0 aromatic heterocycles. The van der Waals surface area contributed by atoms with E-state index in [-0.39, 0.29) is 5.84 Å². The lowest BCUT2D eigenvalue weighted by Gasteiger charge is -2.00. The van der Waals surface area contributed by atoms with E-state index in [9.17, 15) is 0 Å². The van der Waals surface area contributed by atoms with Crippen LogP contribution in [0.1, 0.15) is 5.56 Å². The Morgan fingerprint density at radius 3 is 2.42 bits per heavy atom. The van der Waals surface area contributed by atoms with E-state index < -0.39 is 0 Å². The molecule has 0 spiro atoms. The van der Waals surface area contributed by atoms with Gasteiger partial charge >= 0.3 is 0 Å². The molecule has 3 nitrogen and oxygen atoms in total. The normalized spacial score (nSPS) is 11.7. The molecule has 0 unspecified atom stereocenters. The van der Waals surface area contributed by atoms with Crippen molar-refractivity contribution in [1.82, 2.24) is 0 Å². The van der Waals surface area contributed by atoms with Gasteiger partial charge in [0.15, 0.2) is 0 Å². The highest BCUT2D eigenvalue weighted by molar-refractivity contribution is 6.42. The number of amidine groups is 1. The lowest BCUT2D eigenvalue weighted by atomic mass is 10.2. The molecule has 0 aliphatic heterocycles. The summed E-state index contributed by atoms with van der Waals surface area (Å²) >= 11 is 11.4. The third kappa shape index (κ3) is 1.81. The van der Waals surface area contributed by atoms with Gasteiger partial charge in [0.2, 0.25) is 0 Å². The Morgan fingerprint density at radius 2 is 1.92 bits per heavy atom. The van der Waals surface area contributed by atoms with Gasteiger partial charge in [0.25, 0.3) is 0 Å². The summed E-state index contributed by atoms with van der Waals surface area (Å²) in [7, 11) is 0. The van der Waals surface area contributed by atoms with Crippen LogP contribution in [0.15, 0.2) is 23.3 Å². The Hall–Kier alpha value is -0.930. The molecule has 1 aromatic rings. The van der Waals surface area contributed by atoms with Crippen LogP contribution in [-0.4, -0.2) is 5.84 Å². The monoisotopic (exact) mass is 203 g/mol. The molecule has 1 aromatic carbocycles. The largest absolute Gasteiger partial charge is 0.382 e. The highest BCUT2D eigenvalue weighted by Gasteiger charge is 2.01. The smallest absolute Gasteiger partial charge is 0.150 e. The molecule has 0 aliphatic carbocycles. The van der Waals surface area contributed by atoms with Crippen LogP contribution in [0.25, 0.3) is 0 Å². The minimum absolute atomic E-state index is 0.230. The van der Waals surface area contributed by atoms with Crippen LogP contribution < -0.4 is 11.6 Å². The molecule has 1 rings (SSSR count). The average molecular weight is 204 g/mol. The Kier molecular flexibility index (Phi) is 2.78. The fourth-order valence-corrected chi connectivity index (χ4v) is 1.03. The van der Waals surface area contributed by atoms with Crippen LogP contribution in [0.2, 0.25) is 10.0 Å². The zero-order valence-electron chi connectivity index (χ0n) is 6.09. The number of hydrazone groups is 1. The molecule has 0 fully saturated rings. The lowest BCUT2D eigenvalue weighted by Crippen LogP contribution is -2.15. The standard InChI is InChI=1S/C7H7Cl2N3/c8-5-2-1-4(3-6(5)9)7(10)12-11/h1-3H,11H2,(H2,10,12). The topological polar surface area (TPSA) is 64.4 Å². The first-order valence-electron chi connectivity index (χ1n) is 3.14. The fraction of sp³-hybridized carbons (Fsp3) is 0. The third-order valence-electron chi connectivity index (χ3n) is 1.35. The quantitative estimate of drug-likeness (QED) is 0.315. The molecular formula is C7H7Cl2N3. The van der Waals surface area contributed by atoms with Gasteiger partial charge in [-0.05, 0) is 18.2 Å². The summed E-state index contributed by atoms with van der Waals surface area (Å²) < 4.78 is 0. The number of hydrogen-bond acceptors (Lipinski definition) is 2. The second-order valence-electron chi connectivity index (χ2n) is 2.14. The first kappa shape index (κ1) is 9.16. The average Bonchev–Trinajstić information content (AvgIpc) is 2.08. The Bertz CT molecular complexity index is 322. The zero-order chi connectivity index (χ0) is 9.14. The van der Waals surface area contributed by atoms with Gasteiger partial charge in [-0.25, -0.2) is 0 Å². The fourth-order valence-electron chi connectivity index (χ4n) is 0.730. The summed E-state index contributed by atoms with van der Waals surface area (Å²) in [6, 6.07) is 4.94. The molecule has 5 heteroatoms.